The summed E-state index contributed by atoms with van der Waals surface area (Å²) in [5.41, 5.74) is 8.31. The number of ether oxygens (including phenoxy) is 2. The Bertz CT molecular complexity index is 1450. The maximum Gasteiger partial charge on any atom is 0.285 e. The summed E-state index contributed by atoms with van der Waals surface area (Å²) < 4.78 is 27.0. The van der Waals surface area contributed by atoms with E-state index in [-0.39, 0.29) is 17.1 Å². The number of hydrogen-bond donors (Lipinski definition) is 1. The van der Waals surface area contributed by atoms with Gasteiger partial charge in [0, 0.05) is 41.5 Å². The lowest BCUT2D eigenvalue weighted by atomic mass is 10.1. The lowest BCUT2D eigenvalue weighted by Crippen LogP contribution is -2.27. The SMILES string of the molecule is COc1ccc(-c2cnc3nc(-c4cc(N5C(C)=C(C(N)=O)OC5C)ccc4F)nn3c2)cn1. The molecule has 1 amide bonds. The molecule has 0 aliphatic carbocycles. The van der Waals surface area contributed by atoms with Crippen LogP contribution in [0.1, 0.15) is 13.8 Å². The second-order valence-electron chi connectivity index (χ2n) is 7.64. The molecule has 0 saturated carbocycles. The molecule has 11 heteroatoms. The van der Waals surface area contributed by atoms with E-state index in [4.69, 9.17) is 15.2 Å². The van der Waals surface area contributed by atoms with E-state index in [0.717, 1.165) is 11.1 Å². The fourth-order valence-corrected chi connectivity index (χ4v) is 3.88. The van der Waals surface area contributed by atoms with Crippen molar-refractivity contribution < 1.29 is 18.7 Å². The number of amides is 1. The number of hydrogen-bond acceptors (Lipinski definition) is 8. The molecule has 0 radical (unpaired) electrons. The number of fused-ring (bicyclic) bond motifs is 1. The number of allylic oxidation sites excluding steroid dienone is 1. The number of primary amides is 1. The molecule has 1 aliphatic heterocycles. The summed E-state index contributed by atoms with van der Waals surface area (Å²) in [5.74, 6) is -0.0961. The molecule has 4 aromatic rings. The summed E-state index contributed by atoms with van der Waals surface area (Å²) in [6, 6.07) is 8.11. The highest BCUT2D eigenvalue weighted by Crippen LogP contribution is 2.34. The molecule has 10 nitrogen and oxygen atoms in total. The Hall–Kier alpha value is -4.54. The molecule has 1 atom stereocenters. The number of nitrogens with zero attached hydrogens (tertiary/aromatic N) is 6. The number of rotatable bonds is 5. The number of carbonyl (C=O) groups is 1. The molecule has 0 spiro atoms. The molecule has 172 valence electrons. The first kappa shape index (κ1) is 21.3. The summed E-state index contributed by atoms with van der Waals surface area (Å²) in [7, 11) is 1.55. The monoisotopic (exact) mass is 461 g/mol. The zero-order valence-corrected chi connectivity index (χ0v) is 18.6. The summed E-state index contributed by atoms with van der Waals surface area (Å²) in [4.78, 5) is 26.3. The molecule has 0 bridgehead atoms. The first-order valence-corrected chi connectivity index (χ1v) is 10.3. The summed E-state index contributed by atoms with van der Waals surface area (Å²) in [5, 5.41) is 4.43. The molecule has 0 fully saturated rings. The Kier molecular flexibility index (Phi) is 5.08. The molecular formula is C23H20FN7O3. The van der Waals surface area contributed by atoms with Crippen LogP contribution in [0.2, 0.25) is 0 Å². The lowest BCUT2D eigenvalue weighted by Gasteiger charge is -2.24. The van der Waals surface area contributed by atoms with Crippen LogP contribution in [-0.2, 0) is 9.53 Å². The second-order valence-corrected chi connectivity index (χ2v) is 7.64. The van der Waals surface area contributed by atoms with Crippen molar-refractivity contribution in [2.24, 2.45) is 5.73 Å². The standard InChI is InChI=1S/C23H20FN7O3/c1-12-20(21(25)32)34-13(2)31(12)16-5-6-18(24)17(8-16)22-28-23-27-10-15(11-30(23)29-22)14-4-7-19(33-3)26-9-14/h4-11,13H,1-3H3,(H2,25,32). The summed E-state index contributed by atoms with van der Waals surface area (Å²) >= 11 is 0. The third kappa shape index (κ3) is 3.56. The molecule has 0 saturated heterocycles. The van der Waals surface area contributed by atoms with E-state index in [1.54, 1.807) is 62.6 Å². The highest BCUT2D eigenvalue weighted by atomic mass is 19.1. The Balaban J connectivity index is 1.53. The van der Waals surface area contributed by atoms with Crippen LogP contribution in [0, 0.1) is 5.82 Å². The third-order valence-corrected chi connectivity index (χ3v) is 5.51. The Morgan fingerprint density at radius 1 is 1.18 bits per heavy atom. The lowest BCUT2D eigenvalue weighted by molar-refractivity contribution is -0.118. The van der Waals surface area contributed by atoms with E-state index in [1.165, 1.54) is 10.6 Å². The molecular weight excluding hydrogens is 441 g/mol. The van der Waals surface area contributed by atoms with Crippen LogP contribution in [0.4, 0.5) is 10.1 Å². The molecule has 1 aliphatic rings. The van der Waals surface area contributed by atoms with Crippen LogP contribution in [0.15, 0.2) is 60.4 Å². The van der Waals surface area contributed by atoms with Gasteiger partial charge in [-0.15, -0.1) is 5.10 Å². The van der Waals surface area contributed by atoms with Gasteiger partial charge in [-0.25, -0.2) is 18.9 Å². The number of methoxy groups -OCH3 is 1. The highest BCUT2D eigenvalue weighted by Gasteiger charge is 2.32. The van der Waals surface area contributed by atoms with Crippen molar-refractivity contribution in [3.05, 3.63) is 66.2 Å². The number of anilines is 1. The maximum atomic E-state index is 14.8. The average molecular weight is 461 g/mol. The van der Waals surface area contributed by atoms with E-state index < -0.39 is 18.0 Å². The number of benzene rings is 1. The van der Waals surface area contributed by atoms with Gasteiger partial charge in [0.05, 0.1) is 18.4 Å². The number of aromatic nitrogens is 5. The molecule has 2 N–H and O–H groups in total. The first-order valence-electron chi connectivity index (χ1n) is 10.3. The predicted octanol–water partition coefficient (Wildman–Crippen LogP) is 2.90. The fourth-order valence-electron chi connectivity index (χ4n) is 3.88. The Morgan fingerprint density at radius 2 is 1.97 bits per heavy atom. The van der Waals surface area contributed by atoms with Gasteiger partial charge in [-0.1, -0.05) is 0 Å². The van der Waals surface area contributed by atoms with Gasteiger partial charge in [0.1, 0.15) is 5.82 Å². The van der Waals surface area contributed by atoms with Crippen LogP contribution in [0.25, 0.3) is 28.3 Å². The van der Waals surface area contributed by atoms with E-state index in [9.17, 15) is 9.18 Å². The van der Waals surface area contributed by atoms with E-state index in [1.807, 2.05) is 6.07 Å². The van der Waals surface area contributed by atoms with Crippen LogP contribution in [0.3, 0.4) is 0 Å². The van der Waals surface area contributed by atoms with Gasteiger partial charge in [-0.3, -0.25) is 4.79 Å². The van der Waals surface area contributed by atoms with Crippen LogP contribution in [-0.4, -0.2) is 43.8 Å². The van der Waals surface area contributed by atoms with Crippen molar-refractivity contribution in [2.45, 2.75) is 20.1 Å². The van der Waals surface area contributed by atoms with Gasteiger partial charge in [0.25, 0.3) is 11.7 Å². The molecule has 4 heterocycles. The summed E-state index contributed by atoms with van der Waals surface area (Å²) in [6.45, 7) is 3.49. The Labute approximate surface area is 193 Å². The quantitative estimate of drug-likeness (QED) is 0.482. The zero-order valence-electron chi connectivity index (χ0n) is 18.6. The van der Waals surface area contributed by atoms with Crippen molar-refractivity contribution >= 4 is 17.4 Å². The molecule has 3 aromatic heterocycles. The van der Waals surface area contributed by atoms with Crippen molar-refractivity contribution in [1.29, 1.82) is 0 Å². The van der Waals surface area contributed by atoms with Crippen molar-refractivity contribution in [3.8, 4) is 28.4 Å². The molecule has 1 aromatic carbocycles. The van der Waals surface area contributed by atoms with Gasteiger partial charge >= 0.3 is 0 Å². The number of halogens is 1. The minimum absolute atomic E-state index is 0.0778. The zero-order chi connectivity index (χ0) is 24.0. The van der Waals surface area contributed by atoms with Crippen LogP contribution < -0.4 is 15.4 Å². The van der Waals surface area contributed by atoms with Crippen LogP contribution >= 0.6 is 0 Å². The average Bonchev–Trinajstić information content (AvgIpc) is 3.39. The van der Waals surface area contributed by atoms with E-state index >= 15 is 0 Å². The second kappa shape index (κ2) is 8.10. The highest BCUT2D eigenvalue weighted by molar-refractivity contribution is 5.92. The first-order chi connectivity index (χ1) is 16.4. The third-order valence-electron chi connectivity index (χ3n) is 5.51. The van der Waals surface area contributed by atoms with E-state index in [0.29, 0.717) is 23.0 Å². The Morgan fingerprint density at radius 3 is 2.65 bits per heavy atom. The minimum Gasteiger partial charge on any atom is -0.481 e. The van der Waals surface area contributed by atoms with Crippen LogP contribution in [0.5, 0.6) is 5.88 Å². The van der Waals surface area contributed by atoms with Crippen molar-refractivity contribution in [2.75, 3.05) is 12.0 Å². The molecule has 1 unspecified atom stereocenters. The minimum atomic E-state index is -0.662. The summed E-state index contributed by atoms with van der Waals surface area (Å²) in [6.07, 6.45) is 4.56. The number of nitrogens with two attached hydrogens (primary N) is 1. The number of carbonyl (C=O) groups excluding carboxylic acids is 1. The van der Waals surface area contributed by atoms with Gasteiger partial charge < -0.3 is 20.1 Å². The van der Waals surface area contributed by atoms with Crippen molar-refractivity contribution in [1.82, 2.24) is 24.6 Å². The van der Waals surface area contributed by atoms with Gasteiger partial charge in [-0.05, 0) is 38.1 Å². The van der Waals surface area contributed by atoms with Crippen molar-refractivity contribution in [3.63, 3.8) is 0 Å². The van der Waals surface area contributed by atoms with Gasteiger partial charge in [0.2, 0.25) is 11.6 Å². The number of pyridine rings is 1. The predicted molar refractivity (Wildman–Crippen MR) is 121 cm³/mol. The molecule has 34 heavy (non-hydrogen) atoms. The normalized spacial score (nSPS) is 15.6. The molecule has 5 rings (SSSR count). The smallest absolute Gasteiger partial charge is 0.285 e. The fraction of sp³-hybridized carbons (Fsp3) is 0.174. The van der Waals surface area contributed by atoms with Gasteiger partial charge in [0.15, 0.2) is 12.1 Å². The maximum absolute atomic E-state index is 14.8. The topological polar surface area (TPSA) is 121 Å². The van der Waals surface area contributed by atoms with E-state index in [2.05, 4.69) is 20.1 Å². The largest absolute Gasteiger partial charge is 0.481 e. The van der Waals surface area contributed by atoms with Gasteiger partial charge in [-0.2, -0.15) is 4.98 Å².